The molecule has 3 unspecified atom stereocenters. The Balaban J connectivity index is 1.81. The topological polar surface area (TPSA) is 43.8 Å². The Morgan fingerprint density at radius 2 is 2.28 bits per heavy atom. The van der Waals surface area contributed by atoms with Crippen molar-refractivity contribution in [2.75, 3.05) is 0 Å². The van der Waals surface area contributed by atoms with Crippen LogP contribution in [0.2, 0.25) is 0 Å². The van der Waals surface area contributed by atoms with Crippen LogP contribution in [0.15, 0.2) is 6.07 Å². The van der Waals surface area contributed by atoms with Gasteiger partial charge in [-0.2, -0.15) is 5.10 Å². The van der Waals surface area contributed by atoms with E-state index >= 15 is 0 Å². The van der Waals surface area contributed by atoms with Crippen LogP contribution in [0.1, 0.15) is 50.9 Å². The van der Waals surface area contributed by atoms with Crippen molar-refractivity contribution >= 4 is 0 Å². The monoisotopic (exact) mass is 247 g/mol. The number of nitrogens with zero attached hydrogens (tertiary/aromatic N) is 2. The molecule has 0 amide bonds. The summed E-state index contributed by atoms with van der Waals surface area (Å²) in [6, 6.07) is 2.27. The fourth-order valence-corrected chi connectivity index (χ4v) is 4.14. The van der Waals surface area contributed by atoms with Gasteiger partial charge in [0.05, 0.1) is 5.69 Å². The molecular weight excluding hydrogens is 222 g/mol. The maximum Gasteiger partial charge on any atom is 0.0624 e. The molecule has 0 saturated heterocycles. The van der Waals surface area contributed by atoms with Crippen molar-refractivity contribution in [3.8, 4) is 0 Å². The van der Waals surface area contributed by atoms with Gasteiger partial charge in [0.2, 0.25) is 0 Å². The fraction of sp³-hybridized carbons (Fsp3) is 0.800. The molecule has 3 nitrogen and oxygen atoms in total. The summed E-state index contributed by atoms with van der Waals surface area (Å²) in [5, 5.41) is 4.64. The molecule has 1 aromatic rings. The van der Waals surface area contributed by atoms with Crippen molar-refractivity contribution in [2.24, 2.45) is 17.6 Å². The molecule has 2 aliphatic carbocycles. The van der Waals surface area contributed by atoms with E-state index in [0.29, 0.717) is 0 Å². The van der Waals surface area contributed by atoms with Crippen molar-refractivity contribution in [1.29, 1.82) is 0 Å². The molecule has 2 saturated carbocycles. The predicted octanol–water partition coefficient (Wildman–Crippen LogP) is 2.53. The lowest BCUT2D eigenvalue weighted by Gasteiger charge is -2.34. The molecular formula is C15H25N3. The van der Waals surface area contributed by atoms with Gasteiger partial charge in [-0.05, 0) is 50.5 Å². The average molecular weight is 247 g/mol. The van der Waals surface area contributed by atoms with Crippen LogP contribution >= 0.6 is 0 Å². The molecule has 1 aromatic heterocycles. The Hall–Kier alpha value is -0.830. The summed E-state index contributed by atoms with van der Waals surface area (Å²) in [6.45, 7) is 5.29. The van der Waals surface area contributed by atoms with Crippen LogP contribution in [0.25, 0.3) is 0 Å². The maximum absolute atomic E-state index is 6.71. The highest BCUT2D eigenvalue weighted by atomic mass is 15.3. The second-order valence-corrected chi connectivity index (χ2v) is 6.29. The van der Waals surface area contributed by atoms with Gasteiger partial charge in [0, 0.05) is 24.2 Å². The highest BCUT2D eigenvalue weighted by Crippen LogP contribution is 2.50. The van der Waals surface area contributed by atoms with Gasteiger partial charge in [-0.15, -0.1) is 0 Å². The van der Waals surface area contributed by atoms with Gasteiger partial charge in [0.25, 0.3) is 0 Å². The highest BCUT2D eigenvalue weighted by molar-refractivity contribution is 5.17. The predicted molar refractivity (Wildman–Crippen MR) is 73.3 cm³/mol. The number of nitrogens with two attached hydrogens (primary N) is 1. The van der Waals surface area contributed by atoms with Gasteiger partial charge >= 0.3 is 0 Å². The molecule has 2 fully saturated rings. The lowest BCUT2D eigenvalue weighted by atomic mass is 9.78. The van der Waals surface area contributed by atoms with E-state index in [1.165, 1.54) is 37.1 Å². The van der Waals surface area contributed by atoms with Gasteiger partial charge in [-0.1, -0.05) is 13.3 Å². The minimum atomic E-state index is 0.0564. The van der Waals surface area contributed by atoms with E-state index in [4.69, 9.17) is 5.73 Å². The van der Waals surface area contributed by atoms with Gasteiger partial charge in [0.15, 0.2) is 0 Å². The van der Waals surface area contributed by atoms with Crippen LogP contribution in [0.5, 0.6) is 0 Å². The first-order valence-electron chi connectivity index (χ1n) is 7.49. The van der Waals surface area contributed by atoms with E-state index in [0.717, 1.165) is 31.2 Å². The standard InChI is InChI=1S/C15H25N3/c1-3-13-8-14(18(4-2)17-13)10-15(16)9-11-5-6-12(15)7-11/h8,11-12H,3-7,9-10,16H2,1-2H3. The van der Waals surface area contributed by atoms with Gasteiger partial charge < -0.3 is 5.73 Å². The van der Waals surface area contributed by atoms with Crippen molar-refractivity contribution in [3.05, 3.63) is 17.5 Å². The molecule has 2 aliphatic rings. The van der Waals surface area contributed by atoms with Gasteiger partial charge in [-0.3, -0.25) is 4.68 Å². The number of fused-ring (bicyclic) bond motifs is 2. The Morgan fingerprint density at radius 3 is 2.83 bits per heavy atom. The molecule has 3 heteroatoms. The Bertz CT molecular complexity index is 437. The minimum Gasteiger partial charge on any atom is -0.324 e. The SMILES string of the molecule is CCc1cc(CC2(N)CC3CCC2C3)n(CC)n1. The number of aromatic nitrogens is 2. The van der Waals surface area contributed by atoms with E-state index in [2.05, 4.69) is 29.7 Å². The average Bonchev–Trinajstić information content (AvgIpc) is 3.02. The first-order chi connectivity index (χ1) is 8.64. The second-order valence-electron chi connectivity index (χ2n) is 6.29. The normalized spacial score (nSPS) is 34.4. The fourth-order valence-electron chi connectivity index (χ4n) is 4.14. The zero-order valence-corrected chi connectivity index (χ0v) is 11.7. The number of hydrogen-bond donors (Lipinski definition) is 1. The smallest absolute Gasteiger partial charge is 0.0624 e. The van der Waals surface area contributed by atoms with Crippen molar-refractivity contribution < 1.29 is 0 Å². The Morgan fingerprint density at radius 1 is 1.44 bits per heavy atom. The third kappa shape index (κ3) is 1.89. The summed E-state index contributed by atoms with van der Waals surface area (Å²) in [4.78, 5) is 0. The summed E-state index contributed by atoms with van der Waals surface area (Å²) in [5.41, 5.74) is 9.32. The van der Waals surface area contributed by atoms with Crippen molar-refractivity contribution in [3.63, 3.8) is 0 Å². The zero-order valence-electron chi connectivity index (χ0n) is 11.7. The van der Waals surface area contributed by atoms with Crippen molar-refractivity contribution in [1.82, 2.24) is 9.78 Å². The third-order valence-corrected chi connectivity index (χ3v) is 5.11. The van der Waals surface area contributed by atoms with Crippen LogP contribution in [-0.2, 0) is 19.4 Å². The number of rotatable bonds is 4. The maximum atomic E-state index is 6.71. The largest absolute Gasteiger partial charge is 0.324 e. The van der Waals surface area contributed by atoms with Crippen LogP contribution in [0.4, 0.5) is 0 Å². The summed E-state index contributed by atoms with van der Waals surface area (Å²) in [5.74, 6) is 1.66. The summed E-state index contributed by atoms with van der Waals surface area (Å²) >= 11 is 0. The zero-order chi connectivity index (χ0) is 12.8. The molecule has 0 spiro atoms. The molecule has 2 bridgehead atoms. The molecule has 0 radical (unpaired) electrons. The van der Waals surface area contributed by atoms with Gasteiger partial charge in [0.1, 0.15) is 0 Å². The third-order valence-electron chi connectivity index (χ3n) is 5.11. The van der Waals surface area contributed by atoms with Crippen LogP contribution in [0, 0.1) is 11.8 Å². The van der Waals surface area contributed by atoms with Crippen LogP contribution in [0.3, 0.4) is 0 Å². The van der Waals surface area contributed by atoms with E-state index in [1.54, 1.807) is 0 Å². The van der Waals surface area contributed by atoms with Crippen LogP contribution < -0.4 is 5.73 Å². The minimum absolute atomic E-state index is 0.0564. The molecule has 3 rings (SSSR count). The highest BCUT2D eigenvalue weighted by Gasteiger charge is 2.48. The first kappa shape index (κ1) is 12.2. The molecule has 18 heavy (non-hydrogen) atoms. The summed E-state index contributed by atoms with van der Waals surface area (Å²) in [7, 11) is 0. The molecule has 1 heterocycles. The molecule has 0 aliphatic heterocycles. The molecule has 3 atom stereocenters. The van der Waals surface area contributed by atoms with Crippen molar-refractivity contribution in [2.45, 2.75) is 64.5 Å². The second kappa shape index (κ2) is 4.37. The van der Waals surface area contributed by atoms with Crippen LogP contribution in [-0.4, -0.2) is 15.3 Å². The summed E-state index contributed by atoms with van der Waals surface area (Å²) in [6.07, 6.45) is 7.41. The number of hydrogen-bond acceptors (Lipinski definition) is 2. The number of aryl methyl sites for hydroxylation is 2. The van der Waals surface area contributed by atoms with E-state index < -0.39 is 0 Å². The lowest BCUT2D eigenvalue weighted by molar-refractivity contribution is 0.264. The lowest BCUT2D eigenvalue weighted by Crippen LogP contribution is -2.47. The molecule has 2 N–H and O–H groups in total. The molecule has 0 aromatic carbocycles. The first-order valence-corrected chi connectivity index (χ1v) is 7.49. The van der Waals surface area contributed by atoms with Gasteiger partial charge in [-0.25, -0.2) is 0 Å². The quantitative estimate of drug-likeness (QED) is 0.888. The van der Waals surface area contributed by atoms with E-state index in [-0.39, 0.29) is 5.54 Å². The van der Waals surface area contributed by atoms with E-state index in [9.17, 15) is 0 Å². The summed E-state index contributed by atoms with van der Waals surface area (Å²) < 4.78 is 2.15. The molecule has 100 valence electrons. The Labute approximate surface area is 110 Å². The Kier molecular flexibility index (Phi) is 2.97. The van der Waals surface area contributed by atoms with E-state index in [1.807, 2.05) is 0 Å².